The van der Waals surface area contributed by atoms with E-state index in [2.05, 4.69) is 41.1 Å². The van der Waals surface area contributed by atoms with Gasteiger partial charge in [-0.15, -0.1) is 0 Å². The minimum absolute atomic E-state index is 0.0364. The molecular formula is C18H26N2O. The smallest absolute Gasteiger partial charge is 0.124 e. The van der Waals surface area contributed by atoms with Crippen LogP contribution < -0.4 is 4.74 Å². The minimum atomic E-state index is 0.0364. The van der Waals surface area contributed by atoms with E-state index in [-0.39, 0.29) is 5.60 Å². The number of nitrogens with zero attached hydrogens (tertiary/aromatic N) is 2. The zero-order chi connectivity index (χ0) is 14.3. The summed E-state index contributed by atoms with van der Waals surface area (Å²) >= 11 is 0. The number of hydrogen-bond donors (Lipinski definition) is 0. The first-order chi connectivity index (χ1) is 10.2. The first-order valence-corrected chi connectivity index (χ1v) is 8.44. The van der Waals surface area contributed by atoms with Gasteiger partial charge in [-0.2, -0.15) is 0 Å². The molecule has 1 aromatic rings. The molecule has 1 aromatic carbocycles. The van der Waals surface area contributed by atoms with E-state index in [0.717, 1.165) is 50.8 Å². The quantitative estimate of drug-likeness (QED) is 0.789. The van der Waals surface area contributed by atoms with Crippen molar-refractivity contribution in [3.05, 3.63) is 29.8 Å². The molecule has 0 N–H and O–H groups in total. The maximum Gasteiger partial charge on any atom is 0.124 e. The SMILES string of the molecule is CN1CCC2(CC1)CN(C1CCC1)Cc1ccccc1O2. The van der Waals surface area contributed by atoms with Crippen molar-refractivity contribution in [1.82, 2.24) is 9.80 Å². The molecule has 21 heavy (non-hydrogen) atoms. The van der Waals surface area contributed by atoms with E-state index in [1.54, 1.807) is 0 Å². The summed E-state index contributed by atoms with van der Waals surface area (Å²) in [4.78, 5) is 5.14. The summed E-state index contributed by atoms with van der Waals surface area (Å²) in [5.74, 6) is 1.13. The van der Waals surface area contributed by atoms with Crippen LogP contribution >= 0.6 is 0 Å². The van der Waals surface area contributed by atoms with Gasteiger partial charge in [-0.3, -0.25) is 4.90 Å². The standard InChI is InChI=1S/C18H26N2O/c1-19-11-9-18(10-12-19)14-20(16-6-4-7-16)13-15-5-2-3-8-17(15)21-18/h2-3,5,8,16H,4,6-7,9-14H2,1H3. The molecule has 2 fully saturated rings. The molecule has 0 aromatic heterocycles. The Hall–Kier alpha value is -1.06. The molecule has 114 valence electrons. The molecule has 0 bridgehead atoms. The highest BCUT2D eigenvalue weighted by Gasteiger charge is 2.42. The van der Waals surface area contributed by atoms with Crippen molar-refractivity contribution in [2.75, 3.05) is 26.7 Å². The third-order valence-corrected chi connectivity index (χ3v) is 5.65. The number of piperidine rings is 1. The first kappa shape index (κ1) is 13.6. The van der Waals surface area contributed by atoms with Crippen molar-refractivity contribution >= 4 is 0 Å². The molecule has 3 nitrogen and oxygen atoms in total. The van der Waals surface area contributed by atoms with Crippen molar-refractivity contribution < 1.29 is 4.74 Å². The topological polar surface area (TPSA) is 15.7 Å². The Balaban J connectivity index is 1.65. The van der Waals surface area contributed by atoms with Crippen LogP contribution in [0.15, 0.2) is 24.3 Å². The number of para-hydroxylation sites is 1. The Kier molecular flexibility index (Phi) is 3.43. The Morgan fingerprint density at radius 3 is 2.62 bits per heavy atom. The van der Waals surface area contributed by atoms with Gasteiger partial charge in [0.1, 0.15) is 11.4 Å². The highest BCUT2D eigenvalue weighted by molar-refractivity contribution is 5.35. The maximum absolute atomic E-state index is 6.61. The Morgan fingerprint density at radius 2 is 1.90 bits per heavy atom. The molecule has 1 spiro atoms. The van der Waals surface area contributed by atoms with E-state index < -0.39 is 0 Å². The largest absolute Gasteiger partial charge is 0.486 e. The van der Waals surface area contributed by atoms with Gasteiger partial charge in [-0.25, -0.2) is 0 Å². The molecule has 4 rings (SSSR count). The van der Waals surface area contributed by atoms with E-state index in [4.69, 9.17) is 4.74 Å². The highest BCUT2D eigenvalue weighted by Crippen LogP contribution is 2.38. The van der Waals surface area contributed by atoms with E-state index in [1.165, 1.54) is 24.8 Å². The van der Waals surface area contributed by atoms with Crippen molar-refractivity contribution in [3.8, 4) is 5.75 Å². The summed E-state index contributed by atoms with van der Waals surface area (Å²) in [5.41, 5.74) is 1.41. The molecule has 2 aliphatic heterocycles. The molecule has 0 atom stereocenters. The van der Waals surface area contributed by atoms with Gasteiger partial charge >= 0.3 is 0 Å². The molecule has 3 aliphatic rings. The van der Waals surface area contributed by atoms with Crippen molar-refractivity contribution in [3.63, 3.8) is 0 Å². The summed E-state index contributed by atoms with van der Waals surface area (Å²) < 4.78 is 6.61. The van der Waals surface area contributed by atoms with Crippen LogP contribution in [0.5, 0.6) is 5.75 Å². The van der Waals surface area contributed by atoms with Crippen molar-refractivity contribution in [1.29, 1.82) is 0 Å². The summed E-state index contributed by atoms with van der Waals surface area (Å²) in [6.45, 7) is 4.49. The molecule has 0 unspecified atom stereocenters. The average Bonchev–Trinajstić information content (AvgIpc) is 2.57. The van der Waals surface area contributed by atoms with E-state index in [1.807, 2.05) is 0 Å². The molecule has 3 heteroatoms. The third kappa shape index (κ3) is 2.58. The lowest BCUT2D eigenvalue weighted by Gasteiger charge is -2.45. The molecule has 0 radical (unpaired) electrons. The van der Waals surface area contributed by atoms with E-state index in [9.17, 15) is 0 Å². The number of benzene rings is 1. The monoisotopic (exact) mass is 286 g/mol. The predicted octanol–water partition coefficient (Wildman–Crippen LogP) is 2.90. The number of likely N-dealkylation sites (tertiary alicyclic amines) is 1. The van der Waals surface area contributed by atoms with Crippen LogP contribution in [0.3, 0.4) is 0 Å². The molecule has 2 heterocycles. The van der Waals surface area contributed by atoms with Crippen LogP contribution in [-0.2, 0) is 6.54 Å². The summed E-state index contributed by atoms with van der Waals surface area (Å²) in [6, 6.07) is 9.46. The van der Waals surface area contributed by atoms with Gasteiger partial charge in [-0.1, -0.05) is 24.6 Å². The highest BCUT2D eigenvalue weighted by atomic mass is 16.5. The lowest BCUT2D eigenvalue weighted by molar-refractivity contribution is -0.0304. The summed E-state index contributed by atoms with van der Waals surface area (Å²) in [7, 11) is 2.22. The van der Waals surface area contributed by atoms with Gasteiger partial charge in [0.15, 0.2) is 0 Å². The van der Waals surface area contributed by atoms with Gasteiger partial charge < -0.3 is 9.64 Å². The zero-order valence-electron chi connectivity index (χ0n) is 13.1. The molecule has 0 amide bonds. The van der Waals surface area contributed by atoms with Gasteiger partial charge in [0.05, 0.1) is 0 Å². The lowest BCUT2D eigenvalue weighted by atomic mass is 9.86. The fourth-order valence-electron chi connectivity index (χ4n) is 3.94. The maximum atomic E-state index is 6.61. The van der Waals surface area contributed by atoms with Gasteiger partial charge in [0, 0.05) is 50.6 Å². The average molecular weight is 286 g/mol. The summed E-state index contributed by atoms with van der Waals surface area (Å²) in [6.07, 6.45) is 6.46. The van der Waals surface area contributed by atoms with Crippen LogP contribution in [0.4, 0.5) is 0 Å². The second-order valence-corrected chi connectivity index (χ2v) is 7.19. The first-order valence-electron chi connectivity index (χ1n) is 8.44. The minimum Gasteiger partial charge on any atom is -0.486 e. The Labute approximate surface area is 127 Å². The lowest BCUT2D eigenvalue weighted by Crippen LogP contribution is -2.55. The number of hydrogen-bond acceptors (Lipinski definition) is 3. The van der Waals surface area contributed by atoms with E-state index in [0.29, 0.717) is 0 Å². The molecule has 1 saturated heterocycles. The van der Waals surface area contributed by atoms with Crippen LogP contribution in [-0.4, -0.2) is 48.1 Å². The second kappa shape index (κ2) is 5.29. The Bertz CT molecular complexity index is 504. The normalized spacial score (nSPS) is 26.7. The third-order valence-electron chi connectivity index (χ3n) is 5.65. The van der Waals surface area contributed by atoms with Gasteiger partial charge in [-0.05, 0) is 26.0 Å². The van der Waals surface area contributed by atoms with Crippen LogP contribution in [0.1, 0.15) is 37.7 Å². The number of ether oxygens (including phenoxy) is 1. The number of rotatable bonds is 1. The Morgan fingerprint density at radius 1 is 1.14 bits per heavy atom. The van der Waals surface area contributed by atoms with Crippen molar-refractivity contribution in [2.45, 2.75) is 50.3 Å². The van der Waals surface area contributed by atoms with Crippen LogP contribution in [0.25, 0.3) is 0 Å². The van der Waals surface area contributed by atoms with Gasteiger partial charge in [0.2, 0.25) is 0 Å². The zero-order valence-corrected chi connectivity index (χ0v) is 13.1. The van der Waals surface area contributed by atoms with Crippen LogP contribution in [0, 0.1) is 0 Å². The molecule has 1 saturated carbocycles. The molecular weight excluding hydrogens is 260 g/mol. The number of fused-ring (bicyclic) bond motifs is 1. The second-order valence-electron chi connectivity index (χ2n) is 7.19. The van der Waals surface area contributed by atoms with Crippen LogP contribution in [0.2, 0.25) is 0 Å². The van der Waals surface area contributed by atoms with Crippen molar-refractivity contribution in [2.24, 2.45) is 0 Å². The van der Waals surface area contributed by atoms with Gasteiger partial charge in [0.25, 0.3) is 0 Å². The molecule has 1 aliphatic carbocycles. The van der Waals surface area contributed by atoms with E-state index >= 15 is 0 Å². The fourth-order valence-corrected chi connectivity index (χ4v) is 3.94. The summed E-state index contributed by atoms with van der Waals surface area (Å²) in [5, 5.41) is 0. The predicted molar refractivity (Wildman–Crippen MR) is 84.6 cm³/mol. The fraction of sp³-hybridized carbons (Fsp3) is 0.667.